The summed E-state index contributed by atoms with van der Waals surface area (Å²) < 4.78 is 13.1. The van der Waals surface area contributed by atoms with Crippen LogP contribution >= 0.6 is 0 Å². The molecule has 1 aliphatic rings. The third-order valence-electron chi connectivity index (χ3n) is 4.85. The molecule has 2 heterocycles. The Morgan fingerprint density at radius 1 is 1.15 bits per heavy atom. The molecule has 0 aliphatic carbocycles. The molecule has 0 bridgehead atoms. The summed E-state index contributed by atoms with van der Waals surface area (Å²) in [5.74, 6) is 0.882. The summed E-state index contributed by atoms with van der Waals surface area (Å²) in [6.45, 7) is 4.50. The first kappa shape index (κ1) is 16.9. The average Bonchev–Trinajstić information content (AvgIpc) is 3.21. The Morgan fingerprint density at radius 3 is 2.88 bits per heavy atom. The van der Waals surface area contributed by atoms with E-state index in [2.05, 4.69) is 50.8 Å². The molecule has 4 rings (SSSR count). The molecule has 1 aliphatic heterocycles. The number of ether oxygens (including phenoxy) is 2. The maximum Gasteiger partial charge on any atom is 0.138 e. The van der Waals surface area contributed by atoms with Gasteiger partial charge in [0.1, 0.15) is 12.1 Å². The summed E-state index contributed by atoms with van der Waals surface area (Å²) in [4.78, 5) is 2.46. The van der Waals surface area contributed by atoms with Crippen LogP contribution in [0, 0.1) is 0 Å². The van der Waals surface area contributed by atoms with Gasteiger partial charge in [-0.25, -0.2) is 4.68 Å². The third-order valence-corrected chi connectivity index (χ3v) is 4.85. The van der Waals surface area contributed by atoms with Gasteiger partial charge in [0.25, 0.3) is 0 Å². The maximum absolute atomic E-state index is 6.04. The van der Waals surface area contributed by atoms with E-state index in [4.69, 9.17) is 9.47 Å². The Bertz CT molecular complexity index is 852. The highest BCUT2D eigenvalue weighted by Crippen LogP contribution is 2.27. The van der Waals surface area contributed by atoms with E-state index < -0.39 is 0 Å². The zero-order valence-corrected chi connectivity index (χ0v) is 14.9. The zero-order valence-electron chi connectivity index (χ0n) is 14.9. The van der Waals surface area contributed by atoms with Gasteiger partial charge >= 0.3 is 0 Å². The number of rotatable bonds is 6. The molecule has 0 N–H and O–H groups in total. The van der Waals surface area contributed by atoms with Crippen molar-refractivity contribution in [1.29, 1.82) is 0 Å². The molecule has 1 saturated heterocycles. The lowest BCUT2D eigenvalue weighted by Gasteiger charge is -2.33. The number of tetrazole rings is 1. The Labute approximate surface area is 152 Å². The Balaban J connectivity index is 1.39. The van der Waals surface area contributed by atoms with Crippen LogP contribution in [0.25, 0.3) is 10.8 Å². The van der Waals surface area contributed by atoms with E-state index >= 15 is 0 Å². The lowest BCUT2D eigenvalue weighted by atomic mass is 10.0. The van der Waals surface area contributed by atoms with Crippen LogP contribution in [-0.2, 0) is 11.3 Å². The van der Waals surface area contributed by atoms with Gasteiger partial charge in [-0.3, -0.25) is 4.90 Å². The Kier molecular flexibility index (Phi) is 5.08. The fourth-order valence-electron chi connectivity index (χ4n) is 3.42. The molecule has 1 fully saturated rings. The fourth-order valence-corrected chi connectivity index (χ4v) is 3.42. The number of morpholine rings is 1. The van der Waals surface area contributed by atoms with E-state index in [0.29, 0.717) is 0 Å². The molecule has 136 valence electrons. The van der Waals surface area contributed by atoms with E-state index in [1.54, 1.807) is 18.1 Å². The van der Waals surface area contributed by atoms with Crippen molar-refractivity contribution >= 4 is 10.8 Å². The number of aryl methyl sites for hydroxylation is 1. The van der Waals surface area contributed by atoms with Crippen LogP contribution in [0.3, 0.4) is 0 Å². The normalized spacial score (nSPS) is 18.3. The summed E-state index contributed by atoms with van der Waals surface area (Å²) in [7, 11) is 1.69. The molecule has 1 unspecified atom stereocenters. The standard InChI is InChI=1S/C19H23N5O2/c1-25-18-6-5-15-11-17(4-3-16(15)12-18)19-13-23(9-10-26-19)7-2-8-24-14-20-21-22-24/h3-6,11-12,14,19H,2,7-10,13H2,1H3. The van der Waals surface area contributed by atoms with Crippen LogP contribution in [0.1, 0.15) is 18.1 Å². The second kappa shape index (κ2) is 7.80. The second-order valence-electron chi connectivity index (χ2n) is 6.56. The SMILES string of the molecule is COc1ccc2cc(C3CN(CCCn4cnnn4)CCO3)ccc2c1. The highest BCUT2D eigenvalue weighted by atomic mass is 16.5. The predicted octanol–water partition coefficient (Wildman–Crippen LogP) is 2.30. The largest absolute Gasteiger partial charge is 0.497 e. The van der Waals surface area contributed by atoms with Crippen LogP contribution in [0.15, 0.2) is 42.7 Å². The first-order valence-corrected chi connectivity index (χ1v) is 8.94. The van der Waals surface area contributed by atoms with E-state index in [1.165, 1.54) is 16.3 Å². The lowest BCUT2D eigenvalue weighted by Crippen LogP contribution is -2.39. The average molecular weight is 353 g/mol. The van der Waals surface area contributed by atoms with Crippen LogP contribution in [0.4, 0.5) is 0 Å². The number of nitrogens with zero attached hydrogens (tertiary/aromatic N) is 5. The van der Waals surface area contributed by atoms with Gasteiger partial charge in [-0.2, -0.15) is 0 Å². The molecule has 1 atom stereocenters. The van der Waals surface area contributed by atoms with Gasteiger partial charge < -0.3 is 9.47 Å². The molecule has 2 aromatic carbocycles. The maximum atomic E-state index is 6.04. The van der Waals surface area contributed by atoms with Gasteiger partial charge in [0.05, 0.1) is 19.8 Å². The summed E-state index contributed by atoms with van der Waals surface area (Å²) >= 11 is 0. The first-order chi connectivity index (χ1) is 12.8. The molecule has 7 nitrogen and oxygen atoms in total. The molecule has 0 radical (unpaired) electrons. The third kappa shape index (κ3) is 3.84. The van der Waals surface area contributed by atoms with Crippen molar-refractivity contribution in [3.8, 4) is 5.75 Å². The Hall–Kier alpha value is -2.51. The summed E-state index contributed by atoms with van der Waals surface area (Å²) in [6, 6.07) is 12.7. The molecule has 3 aromatic rings. The van der Waals surface area contributed by atoms with E-state index in [9.17, 15) is 0 Å². The van der Waals surface area contributed by atoms with Crippen molar-refractivity contribution in [1.82, 2.24) is 25.1 Å². The molecule has 0 saturated carbocycles. The summed E-state index contributed by atoms with van der Waals surface area (Å²) in [5.41, 5.74) is 1.23. The molecule has 0 spiro atoms. The monoisotopic (exact) mass is 353 g/mol. The number of aromatic nitrogens is 4. The number of benzene rings is 2. The van der Waals surface area contributed by atoms with E-state index in [-0.39, 0.29) is 6.10 Å². The molecular weight excluding hydrogens is 330 g/mol. The van der Waals surface area contributed by atoms with Gasteiger partial charge in [0.2, 0.25) is 0 Å². The molecule has 0 amide bonds. The molecule has 26 heavy (non-hydrogen) atoms. The second-order valence-corrected chi connectivity index (χ2v) is 6.56. The van der Waals surface area contributed by atoms with Crippen LogP contribution in [0.5, 0.6) is 5.75 Å². The number of hydrogen-bond acceptors (Lipinski definition) is 6. The van der Waals surface area contributed by atoms with Crippen LogP contribution in [0.2, 0.25) is 0 Å². The van der Waals surface area contributed by atoms with Crippen molar-refractivity contribution in [2.45, 2.75) is 19.1 Å². The fraction of sp³-hybridized carbons (Fsp3) is 0.421. The zero-order chi connectivity index (χ0) is 17.8. The predicted molar refractivity (Wildman–Crippen MR) is 98.1 cm³/mol. The van der Waals surface area contributed by atoms with Crippen LogP contribution in [-0.4, -0.2) is 58.5 Å². The van der Waals surface area contributed by atoms with Crippen molar-refractivity contribution in [2.75, 3.05) is 33.4 Å². The summed E-state index contributed by atoms with van der Waals surface area (Å²) in [5, 5.41) is 13.6. The smallest absolute Gasteiger partial charge is 0.138 e. The number of methoxy groups -OCH3 is 1. The highest BCUT2D eigenvalue weighted by Gasteiger charge is 2.21. The van der Waals surface area contributed by atoms with Crippen molar-refractivity contribution in [3.05, 3.63) is 48.3 Å². The Morgan fingerprint density at radius 2 is 2.04 bits per heavy atom. The minimum Gasteiger partial charge on any atom is -0.497 e. The number of hydrogen-bond donors (Lipinski definition) is 0. The van der Waals surface area contributed by atoms with Gasteiger partial charge in [-0.05, 0) is 51.4 Å². The highest BCUT2D eigenvalue weighted by molar-refractivity contribution is 5.84. The molecule has 7 heteroatoms. The topological polar surface area (TPSA) is 65.3 Å². The lowest BCUT2D eigenvalue weighted by molar-refractivity contribution is -0.0305. The van der Waals surface area contributed by atoms with Gasteiger partial charge in [-0.15, -0.1) is 5.10 Å². The van der Waals surface area contributed by atoms with Crippen molar-refractivity contribution < 1.29 is 9.47 Å². The van der Waals surface area contributed by atoms with Crippen LogP contribution < -0.4 is 4.74 Å². The van der Waals surface area contributed by atoms with Crippen molar-refractivity contribution in [2.24, 2.45) is 0 Å². The van der Waals surface area contributed by atoms with Crippen molar-refractivity contribution in [3.63, 3.8) is 0 Å². The minimum absolute atomic E-state index is 0.114. The first-order valence-electron chi connectivity index (χ1n) is 8.94. The quantitative estimate of drug-likeness (QED) is 0.677. The van der Waals surface area contributed by atoms with Gasteiger partial charge in [-0.1, -0.05) is 18.2 Å². The molecule has 1 aromatic heterocycles. The summed E-state index contributed by atoms with van der Waals surface area (Å²) in [6.07, 6.45) is 2.80. The van der Waals surface area contributed by atoms with Gasteiger partial charge in [0, 0.05) is 26.2 Å². The van der Waals surface area contributed by atoms with E-state index in [0.717, 1.165) is 45.0 Å². The van der Waals surface area contributed by atoms with E-state index in [1.807, 2.05) is 6.07 Å². The number of fused-ring (bicyclic) bond motifs is 1. The molecular formula is C19H23N5O2. The minimum atomic E-state index is 0.114. The van der Waals surface area contributed by atoms with Gasteiger partial charge in [0.15, 0.2) is 0 Å².